The van der Waals surface area contributed by atoms with E-state index in [9.17, 15) is 9.90 Å². The Hall–Kier alpha value is -4.06. The lowest BCUT2D eigenvalue weighted by Gasteiger charge is -2.29. The molecule has 1 aliphatic rings. The minimum atomic E-state index is -1.01. The molecule has 1 aliphatic carbocycles. The standard InChI is InChI=1S/C30H34N4O2/c1-3-30(16-7-4-8-17-30)34-28(32)24-11-6-5-10-23(24)22-15-14-21(18-20(22)2)19-33-27-25(29(35)36)12-9-13-26(27)31/h5-7,9-16,18,33H,3-4,8,17,19,31H2,1-2H3,(H2,32,34)(H,35,36). The monoisotopic (exact) mass is 482 g/mol. The molecule has 3 aromatic carbocycles. The van der Waals surface area contributed by atoms with Gasteiger partial charge in [0, 0.05) is 12.1 Å². The molecule has 0 heterocycles. The summed E-state index contributed by atoms with van der Waals surface area (Å²) in [6.07, 6.45) is 8.59. The highest BCUT2D eigenvalue weighted by Gasteiger charge is 2.26. The Morgan fingerprint density at radius 3 is 2.56 bits per heavy atom. The van der Waals surface area contributed by atoms with Crippen molar-refractivity contribution in [1.82, 2.24) is 0 Å². The van der Waals surface area contributed by atoms with Crippen LogP contribution in [0.25, 0.3) is 11.1 Å². The number of hydrogen-bond donors (Lipinski definition) is 4. The van der Waals surface area contributed by atoms with Gasteiger partial charge in [-0.05, 0) is 67.0 Å². The maximum absolute atomic E-state index is 11.6. The van der Waals surface area contributed by atoms with Crippen LogP contribution in [0.1, 0.15) is 59.7 Å². The zero-order valence-electron chi connectivity index (χ0n) is 20.9. The SMILES string of the molecule is CCC1(N=C(N)c2ccccc2-c2ccc(CNc3c(N)cccc3C(=O)O)cc2C)C=CCCC1. The van der Waals surface area contributed by atoms with Crippen LogP contribution in [-0.4, -0.2) is 22.5 Å². The Labute approximate surface area is 212 Å². The van der Waals surface area contributed by atoms with E-state index in [-0.39, 0.29) is 11.1 Å². The molecule has 3 aromatic rings. The second-order valence-corrected chi connectivity index (χ2v) is 9.37. The van der Waals surface area contributed by atoms with Gasteiger partial charge >= 0.3 is 5.97 Å². The van der Waals surface area contributed by atoms with Gasteiger partial charge in [0.05, 0.1) is 22.5 Å². The van der Waals surface area contributed by atoms with Crippen LogP contribution in [0.5, 0.6) is 0 Å². The van der Waals surface area contributed by atoms with Crippen molar-refractivity contribution in [2.24, 2.45) is 10.7 Å². The van der Waals surface area contributed by atoms with Crippen LogP contribution in [0.4, 0.5) is 11.4 Å². The van der Waals surface area contributed by atoms with E-state index in [1.165, 1.54) is 0 Å². The van der Waals surface area contributed by atoms with Crippen molar-refractivity contribution < 1.29 is 9.90 Å². The van der Waals surface area contributed by atoms with Crippen molar-refractivity contribution in [1.29, 1.82) is 0 Å². The fourth-order valence-electron chi connectivity index (χ4n) is 4.89. The van der Waals surface area contributed by atoms with Crippen LogP contribution in [0.2, 0.25) is 0 Å². The molecule has 0 saturated heterocycles. The molecule has 0 saturated carbocycles. The number of carboxylic acid groups (broad SMARTS) is 1. The zero-order valence-corrected chi connectivity index (χ0v) is 20.9. The van der Waals surface area contributed by atoms with Gasteiger partial charge in [0.1, 0.15) is 5.84 Å². The molecule has 4 rings (SSSR count). The van der Waals surface area contributed by atoms with Gasteiger partial charge < -0.3 is 21.9 Å². The van der Waals surface area contributed by atoms with Gasteiger partial charge in [-0.2, -0.15) is 0 Å². The summed E-state index contributed by atoms with van der Waals surface area (Å²) in [5.41, 5.74) is 18.6. The first-order valence-electron chi connectivity index (χ1n) is 12.4. The van der Waals surface area contributed by atoms with Crippen LogP contribution in [0.15, 0.2) is 77.8 Å². The highest BCUT2D eigenvalue weighted by atomic mass is 16.4. The molecule has 0 aromatic heterocycles. The fourth-order valence-corrected chi connectivity index (χ4v) is 4.89. The number of nitrogen functional groups attached to an aromatic ring is 1. The molecule has 6 nitrogen and oxygen atoms in total. The van der Waals surface area contributed by atoms with Crippen molar-refractivity contribution in [3.63, 3.8) is 0 Å². The highest BCUT2D eigenvalue weighted by molar-refractivity contribution is 6.04. The number of allylic oxidation sites excluding steroid dienone is 1. The molecule has 0 radical (unpaired) electrons. The van der Waals surface area contributed by atoms with E-state index >= 15 is 0 Å². The number of nitrogens with zero attached hydrogens (tertiary/aromatic N) is 1. The van der Waals surface area contributed by atoms with Crippen LogP contribution in [-0.2, 0) is 6.54 Å². The third-order valence-corrected chi connectivity index (χ3v) is 6.94. The summed E-state index contributed by atoms with van der Waals surface area (Å²) >= 11 is 0. The van der Waals surface area contributed by atoms with Gasteiger partial charge in [0.25, 0.3) is 0 Å². The lowest BCUT2D eigenvalue weighted by atomic mass is 9.85. The van der Waals surface area contributed by atoms with E-state index < -0.39 is 5.97 Å². The lowest BCUT2D eigenvalue weighted by molar-refractivity contribution is 0.0698. The van der Waals surface area contributed by atoms with Gasteiger partial charge in [0.2, 0.25) is 0 Å². The number of carboxylic acids is 1. The third-order valence-electron chi connectivity index (χ3n) is 6.94. The van der Waals surface area contributed by atoms with Crippen LogP contribution in [0, 0.1) is 6.92 Å². The molecule has 36 heavy (non-hydrogen) atoms. The molecule has 186 valence electrons. The van der Waals surface area contributed by atoms with Crippen molar-refractivity contribution >= 4 is 23.2 Å². The van der Waals surface area contributed by atoms with E-state index in [1.807, 2.05) is 24.3 Å². The summed E-state index contributed by atoms with van der Waals surface area (Å²) in [6, 6.07) is 19.2. The third kappa shape index (κ3) is 5.28. The van der Waals surface area contributed by atoms with Crippen molar-refractivity contribution in [3.05, 3.63) is 95.1 Å². The van der Waals surface area contributed by atoms with Crippen LogP contribution < -0.4 is 16.8 Å². The van der Waals surface area contributed by atoms with E-state index in [4.69, 9.17) is 16.5 Å². The number of aryl methyl sites for hydroxylation is 1. The number of amidine groups is 1. The van der Waals surface area contributed by atoms with Gasteiger partial charge in [-0.3, -0.25) is 4.99 Å². The second-order valence-electron chi connectivity index (χ2n) is 9.37. The van der Waals surface area contributed by atoms with Gasteiger partial charge in [0.15, 0.2) is 0 Å². The van der Waals surface area contributed by atoms with E-state index in [1.54, 1.807) is 18.2 Å². The maximum Gasteiger partial charge on any atom is 0.337 e. The molecule has 1 atom stereocenters. The Morgan fingerprint density at radius 2 is 1.86 bits per heavy atom. The largest absolute Gasteiger partial charge is 0.478 e. The van der Waals surface area contributed by atoms with E-state index in [0.29, 0.717) is 23.8 Å². The molecule has 0 aliphatic heterocycles. The van der Waals surface area contributed by atoms with Crippen molar-refractivity contribution in [2.75, 3.05) is 11.1 Å². The molecular weight excluding hydrogens is 448 g/mol. The normalized spacial score (nSPS) is 17.7. The van der Waals surface area contributed by atoms with E-state index in [2.05, 4.69) is 49.5 Å². The summed E-state index contributed by atoms with van der Waals surface area (Å²) in [5.74, 6) is -0.453. The van der Waals surface area contributed by atoms with Gasteiger partial charge in [-0.25, -0.2) is 4.79 Å². The first kappa shape index (κ1) is 25.0. The minimum Gasteiger partial charge on any atom is -0.478 e. The molecule has 6 heteroatoms. The smallest absolute Gasteiger partial charge is 0.337 e. The first-order chi connectivity index (χ1) is 17.3. The number of carbonyl (C=O) groups is 1. The van der Waals surface area contributed by atoms with E-state index in [0.717, 1.165) is 53.5 Å². The average molecular weight is 483 g/mol. The Morgan fingerprint density at radius 1 is 1.08 bits per heavy atom. The summed E-state index contributed by atoms with van der Waals surface area (Å²) < 4.78 is 0. The Bertz CT molecular complexity index is 1330. The summed E-state index contributed by atoms with van der Waals surface area (Å²) in [6.45, 7) is 4.68. The topological polar surface area (TPSA) is 114 Å². The fraction of sp³-hybridized carbons (Fsp3) is 0.267. The average Bonchev–Trinajstić information content (AvgIpc) is 2.88. The Kier molecular flexibility index (Phi) is 7.44. The quantitative estimate of drug-likeness (QED) is 0.133. The predicted octanol–water partition coefficient (Wildman–Crippen LogP) is 6.15. The molecule has 1 unspecified atom stereocenters. The molecular formula is C30H34N4O2. The number of benzene rings is 3. The highest BCUT2D eigenvalue weighted by Crippen LogP contribution is 2.32. The summed E-state index contributed by atoms with van der Waals surface area (Å²) in [7, 11) is 0. The van der Waals surface area contributed by atoms with Crippen LogP contribution >= 0.6 is 0 Å². The van der Waals surface area contributed by atoms with Crippen molar-refractivity contribution in [3.8, 4) is 11.1 Å². The van der Waals surface area contributed by atoms with Gasteiger partial charge in [-0.15, -0.1) is 0 Å². The predicted molar refractivity (Wildman–Crippen MR) is 148 cm³/mol. The number of rotatable bonds is 8. The molecule has 0 amide bonds. The number of hydrogen-bond acceptors (Lipinski definition) is 4. The number of aromatic carboxylic acids is 1. The molecule has 0 spiro atoms. The zero-order chi connectivity index (χ0) is 25.7. The van der Waals surface area contributed by atoms with Crippen LogP contribution in [0.3, 0.4) is 0 Å². The van der Waals surface area contributed by atoms with Gasteiger partial charge in [-0.1, -0.05) is 67.6 Å². The lowest BCUT2D eigenvalue weighted by Crippen LogP contribution is -2.29. The second kappa shape index (κ2) is 10.7. The number of anilines is 2. The van der Waals surface area contributed by atoms with Crippen molar-refractivity contribution in [2.45, 2.75) is 51.6 Å². The first-order valence-corrected chi connectivity index (χ1v) is 12.4. The molecule has 0 bridgehead atoms. The summed E-state index contributed by atoms with van der Waals surface area (Å²) in [5, 5.41) is 12.7. The number of nitrogens with one attached hydrogen (secondary N) is 1. The minimum absolute atomic E-state index is 0.157. The molecule has 0 fully saturated rings. The number of aliphatic imine (C=N–C) groups is 1. The Balaban J connectivity index is 1.61. The maximum atomic E-state index is 11.6. The number of nitrogens with two attached hydrogens (primary N) is 2. The molecule has 6 N–H and O–H groups in total. The number of para-hydroxylation sites is 1. The summed E-state index contributed by atoms with van der Waals surface area (Å²) in [4.78, 5) is 16.6.